The number of nitrogens with one attached hydrogen (secondary N) is 2. The molecule has 7 nitrogen and oxygen atoms in total. The zero-order valence-corrected chi connectivity index (χ0v) is 12.6. The maximum atomic E-state index is 11.4. The average molecular weight is 302 g/mol. The van der Waals surface area contributed by atoms with E-state index in [0.717, 1.165) is 0 Å². The summed E-state index contributed by atoms with van der Waals surface area (Å²) in [5.41, 5.74) is 5.53. The molecule has 112 valence electrons. The molecule has 0 aromatic carbocycles. The van der Waals surface area contributed by atoms with Gasteiger partial charge in [-0.2, -0.15) is 0 Å². The summed E-state index contributed by atoms with van der Waals surface area (Å²) in [7, 11) is 0. The normalized spacial score (nSPS) is 11.0. The van der Waals surface area contributed by atoms with Crippen LogP contribution in [0.25, 0.3) is 0 Å². The Labute approximate surface area is 123 Å². The van der Waals surface area contributed by atoms with Crippen LogP contribution in [-0.2, 0) is 4.74 Å². The second-order valence-corrected chi connectivity index (χ2v) is 5.49. The van der Waals surface area contributed by atoms with E-state index in [-0.39, 0.29) is 5.15 Å². The molecule has 1 aromatic rings. The molecule has 1 heterocycles. The Morgan fingerprint density at radius 1 is 1.40 bits per heavy atom. The van der Waals surface area contributed by atoms with Crippen LogP contribution >= 0.6 is 11.6 Å². The molecule has 1 rings (SSSR count). The number of carbonyl (C=O) groups excluding carboxylic acids is 1. The molecule has 0 atom stereocenters. The molecule has 20 heavy (non-hydrogen) atoms. The third-order valence-corrected chi connectivity index (χ3v) is 2.45. The summed E-state index contributed by atoms with van der Waals surface area (Å²) in [6.07, 6.45) is 1.60. The molecule has 1 amide bonds. The first kappa shape index (κ1) is 16.3. The van der Waals surface area contributed by atoms with Crippen molar-refractivity contribution in [2.75, 3.05) is 24.1 Å². The molecular formula is C12H20ClN5O2. The fourth-order valence-electron chi connectivity index (χ4n) is 1.31. The molecular weight excluding hydrogens is 282 g/mol. The number of nitrogens with zero attached hydrogens (tertiary/aromatic N) is 2. The quantitative estimate of drug-likeness (QED) is 0.568. The number of hydrogen-bond donors (Lipinski definition) is 3. The van der Waals surface area contributed by atoms with Crippen LogP contribution in [0.15, 0.2) is 6.33 Å². The van der Waals surface area contributed by atoms with Crippen molar-refractivity contribution in [1.82, 2.24) is 15.3 Å². The summed E-state index contributed by atoms with van der Waals surface area (Å²) in [5, 5.41) is 5.90. The number of halogens is 1. The molecule has 0 spiro atoms. The smallest absolute Gasteiger partial charge is 0.407 e. The highest BCUT2D eigenvalue weighted by atomic mass is 35.5. The molecule has 0 bridgehead atoms. The standard InChI is InChI=1S/C12H20ClN5O2/c1-12(2,3)20-11(19)16-6-4-5-15-10-8(14)9(13)17-7-18-10/h7H,4-6,14H2,1-3H3,(H,16,19)(H,15,17,18). The van der Waals surface area contributed by atoms with Gasteiger partial charge in [0.15, 0.2) is 11.0 Å². The Balaban J connectivity index is 2.23. The van der Waals surface area contributed by atoms with Gasteiger partial charge in [0.2, 0.25) is 0 Å². The van der Waals surface area contributed by atoms with E-state index in [2.05, 4.69) is 20.6 Å². The predicted octanol–water partition coefficient (Wildman–Crippen LogP) is 2.04. The molecule has 0 aliphatic heterocycles. The van der Waals surface area contributed by atoms with Gasteiger partial charge in [-0.1, -0.05) is 11.6 Å². The minimum Gasteiger partial charge on any atom is -0.444 e. The lowest BCUT2D eigenvalue weighted by molar-refractivity contribution is 0.0528. The van der Waals surface area contributed by atoms with Crippen LogP contribution < -0.4 is 16.4 Å². The van der Waals surface area contributed by atoms with E-state index in [1.807, 2.05) is 20.8 Å². The number of hydrogen-bond acceptors (Lipinski definition) is 6. The maximum absolute atomic E-state index is 11.4. The van der Waals surface area contributed by atoms with E-state index < -0.39 is 11.7 Å². The van der Waals surface area contributed by atoms with Crippen LogP contribution in [-0.4, -0.2) is 34.8 Å². The predicted molar refractivity (Wildman–Crippen MR) is 78.8 cm³/mol. The Bertz CT molecular complexity index is 462. The molecule has 0 unspecified atom stereocenters. The summed E-state index contributed by atoms with van der Waals surface area (Å²) in [6.45, 7) is 6.52. The van der Waals surface area contributed by atoms with Crippen LogP contribution in [0, 0.1) is 0 Å². The van der Waals surface area contributed by atoms with Crippen molar-refractivity contribution in [2.45, 2.75) is 32.8 Å². The summed E-state index contributed by atoms with van der Waals surface area (Å²) in [6, 6.07) is 0. The zero-order chi connectivity index (χ0) is 15.2. The molecule has 0 aliphatic rings. The van der Waals surface area contributed by atoms with Crippen LogP contribution in [0.5, 0.6) is 0 Å². The highest BCUT2D eigenvalue weighted by Gasteiger charge is 2.15. The number of nitrogen functional groups attached to an aromatic ring is 1. The van der Waals surface area contributed by atoms with Crippen LogP contribution in [0.3, 0.4) is 0 Å². The Kier molecular flexibility index (Phi) is 5.82. The monoisotopic (exact) mass is 301 g/mol. The first-order valence-corrected chi connectivity index (χ1v) is 6.64. The third kappa shape index (κ3) is 5.92. The van der Waals surface area contributed by atoms with Crippen molar-refractivity contribution in [2.24, 2.45) is 0 Å². The lowest BCUT2D eigenvalue weighted by Gasteiger charge is -2.19. The topological polar surface area (TPSA) is 102 Å². The van der Waals surface area contributed by atoms with Gasteiger partial charge in [-0.05, 0) is 27.2 Å². The number of ether oxygens (including phenoxy) is 1. The Hall–Kier alpha value is -1.76. The van der Waals surface area contributed by atoms with E-state index in [9.17, 15) is 4.79 Å². The van der Waals surface area contributed by atoms with Gasteiger partial charge in [0.05, 0.1) is 0 Å². The Morgan fingerprint density at radius 3 is 2.75 bits per heavy atom. The van der Waals surface area contributed by atoms with Crippen LogP contribution in [0.4, 0.5) is 16.3 Å². The number of nitrogens with two attached hydrogens (primary N) is 1. The van der Waals surface area contributed by atoms with E-state index in [4.69, 9.17) is 22.1 Å². The lowest BCUT2D eigenvalue weighted by atomic mass is 10.2. The molecule has 8 heteroatoms. The lowest BCUT2D eigenvalue weighted by Crippen LogP contribution is -2.33. The second-order valence-electron chi connectivity index (χ2n) is 5.14. The average Bonchev–Trinajstić information content (AvgIpc) is 2.31. The van der Waals surface area contributed by atoms with Crippen molar-refractivity contribution in [3.63, 3.8) is 0 Å². The van der Waals surface area contributed by atoms with Crippen molar-refractivity contribution in [3.8, 4) is 0 Å². The highest BCUT2D eigenvalue weighted by Crippen LogP contribution is 2.21. The van der Waals surface area contributed by atoms with Gasteiger partial charge in [-0.15, -0.1) is 0 Å². The minimum atomic E-state index is -0.492. The number of aromatic nitrogens is 2. The van der Waals surface area contributed by atoms with Crippen molar-refractivity contribution >= 4 is 29.2 Å². The second kappa shape index (κ2) is 7.14. The first-order valence-electron chi connectivity index (χ1n) is 6.26. The van der Waals surface area contributed by atoms with E-state index in [0.29, 0.717) is 31.0 Å². The molecule has 0 saturated heterocycles. The van der Waals surface area contributed by atoms with Gasteiger partial charge in [-0.25, -0.2) is 14.8 Å². The number of rotatable bonds is 5. The number of alkyl carbamates (subject to hydrolysis) is 1. The number of amides is 1. The summed E-state index contributed by atoms with van der Waals surface area (Å²) in [5.74, 6) is 0.488. The number of carbonyl (C=O) groups is 1. The Morgan fingerprint density at radius 2 is 2.10 bits per heavy atom. The van der Waals surface area contributed by atoms with E-state index in [1.165, 1.54) is 6.33 Å². The molecule has 0 saturated carbocycles. The number of anilines is 2. The largest absolute Gasteiger partial charge is 0.444 e. The SMILES string of the molecule is CC(C)(C)OC(=O)NCCCNc1ncnc(Cl)c1N. The fraction of sp³-hybridized carbons (Fsp3) is 0.583. The summed E-state index contributed by atoms with van der Waals surface area (Å²) >= 11 is 5.77. The maximum Gasteiger partial charge on any atom is 0.407 e. The van der Waals surface area contributed by atoms with Crippen LogP contribution in [0.1, 0.15) is 27.2 Å². The zero-order valence-electron chi connectivity index (χ0n) is 11.9. The molecule has 4 N–H and O–H groups in total. The van der Waals surface area contributed by atoms with Gasteiger partial charge >= 0.3 is 6.09 Å². The first-order chi connectivity index (χ1) is 9.29. The van der Waals surface area contributed by atoms with Gasteiger partial charge in [0.1, 0.15) is 17.6 Å². The van der Waals surface area contributed by atoms with Crippen molar-refractivity contribution in [3.05, 3.63) is 11.5 Å². The summed E-state index contributed by atoms with van der Waals surface area (Å²) in [4.78, 5) is 19.1. The van der Waals surface area contributed by atoms with Crippen LogP contribution in [0.2, 0.25) is 5.15 Å². The third-order valence-electron chi connectivity index (χ3n) is 2.15. The summed E-state index contributed by atoms with van der Waals surface area (Å²) < 4.78 is 5.11. The van der Waals surface area contributed by atoms with Gasteiger partial charge in [0, 0.05) is 13.1 Å². The van der Waals surface area contributed by atoms with Gasteiger partial charge in [-0.3, -0.25) is 0 Å². The van der Waals surface area contributed by atoms with Crippen molar-refractivity contribution < 1.29 is 9.53 Å². The highest BCUT2D eigenvalue weighted by molar-refractivity contribution is 6.32. The van der Waals surface area contributed by atoms with Gasteiger partial charge in [0.25, 0.3) is 0 Å². The molecule has 0 fully saturated rings. The van der Waals surface area contributed by atoms with Gasteiger partial charge < -0.3 is 21.1 Å². The van der Waals surface area contributed by atoms with E-state index in [1.54, 1.807) is 0 Å². The molecule has 0 radical (unpaired) electrons. The minimum absolute atomic E-state index is 0.217. The molecule has 1 aromatic heterocycles. The molecule has 0 aliphatic carbocycles. The van der Waals surface area contributed by atoms with Crippen molar-refractivity contribution in [1.29, 1.82) is 0 Å². The fourth-order valence-corrected chi connectivity index (χ4v) is 1.45. The van der Waals surface area contributed by atoms with E-state index >= 15 is 0 Å².